The summed E-state index contributed by atoms with van der Waals surface area (Å²) in [6.07, 6.45) is 4.99. The molecule has 1 aliphatic heterocycles. The van der Waals surface area contributed by atoms with Gasteiger partial charge in [-0.15, -0.1) is 0 Å². The second kappa shape index (κ2) is 9.30. The number of hydrogen-bond acceptors (Lipinski definition) is 5. The molecular weight excluding hydrogens is 378 g/mol. The highest BCUT2D eigenvalue weighted by Gasteiger charge is 2.20. The van der Waals surface area contributed by atoms with Gasteiger partial charge in [0.25, 0.3) is 0 Å². The molecule has 0 radical (unpaired) electrons. The monoisotopic (exact) mass is 409 g/mol. The Balaban J connectivity index is 1.32. The summed E-state index contributed by atoms with van der Waals surface area (Å²) in [5.74, 6) is 1.86. The number of nitrogens with zero attached hydrogens (tertiary/aromatic N) is 6. The summed E-state index contributed by atoms with van der Waals surface area (Å²) in [6.45, 7) is 12.5. The number of pyridine rings is 1. The van der Waals surface area contributed by atoms with Gasteiger partial charge in [0.2, 0.25) is 0 Å². The van der Waals surface area contributed by atoms with Crippen molar-refractivity contribution in [2.75, 3.05) is 39.3 Å². The van der Waals surface area contributed by atoms with E-state index in [2.05, 4.69) is 56.9 Å². The van der Waals surface area contributed by atoms with Gasteiger partial charge in [-0.1, -0.05) is 11.2 Å². The van der Waals surface area contributed by atoms with E-state index in [9.17, 15) is 0 Å². The molecule has 0 aromatic carbocycles. The van der Waals surface area contributed by atoms with E-state index < -0.39 is 0 Å². The number of aromatic nitrogens is 3. The summed E-state index contributed by atoms with van der Waals surface area (Å²) >= 11 is 0. The van der Waals surface area contributed by atoms with Crippen molar-refractivity contribution in [3.8, 4) is 0 Å². The lowest BCUT2D eigenvalue weighted by atomic mass is 10.3. The molecule has 0 atom stereocenters. The number of aryl methyl sites for hydroxylation is 2. The molecule has 1 fully saturated rings. The first-order valence-corrected chi connectivity index (χ1v) is 10.7. The number of imidazole rings is 1. The molecule has 8 nitrogen and oxygen atoms in total. The van der Waals surface area contributed by atoms with Crippen molar-refractivity contribution >= 4 is 11.6 Å². The van der Waals surface area contributed by atoms with Crippen LogP contribution >= 0.6 is 0 Å². The van der Waals surface area contributed by atoms with Crippen LogP contribution in [0.25, 0.3) is 5.65 Å². The van der Waals surface area contributed by atoms with Gasteiger partial charge in [-0.05, 0) is 32.4 Å². The summed E-state index contributed by atoms with van der Waals surface area (Å²) in [5.41, 5.74) is 4.31. The Labute approximate surface area is 177 Å². The highest BCUT2D eigenvalue weighted by atomic mass is 16.5. The maximum absolute atomic E-state index is 5.18. The van der Waals surface area contributed by atoms with Gasteiger partial charge in [-0.2, -0.15) is 0 Å². The third-order valence-electron chi connectivity index (χ3n) is 5.43. The second-order valence-corrected chi connectivity index (χ2v) is 7.83. The largest absolute Gasteiger partial charge is 0.361 e. The third kappa shape index (κ3) is 4.81. The zero-order chi connectivity index (χ0) is 20.9. The predicted octanol–water partition coefficient (Wildman–Crippen LogP) is 2.26. The number of hydrogen-bond donors (Lipinski definition) is 1. The fourth-order valence-corrected chi connectivity index (χ4v) is 3.87. The van der Waals surface area contributed by atoms with Crippen molar-refractivity contribution in [3.05, 3.63) is 53.3 Å². The molecule has 0 saturated carbocycles. The maximum atomic E-state index is 5.18. The molecule has 1 saturated heterocycles. The Bertz CT molecular complexity index is 998. The maximum Gasteiger partial charge on any atom is 0.194 e. The number of nitrogens with one attached hydrogen (secondary N) is 1. The van der Waals surface area contributed by atoms with E-state index in [1.807, 2.05) is 19.2 Å². The van der Waals surface area contributed by atoms with Crippen LogP contribution in [0.2, 0.25) is 0 Å². The normalized spacial score (nSPS) is 15.8. The van der Waals surface area contributed by atoms with Crippen LogP contribution in [0.3, 0.4) is 0 Å². The van der Waals surface area contributed by atoms with Gasteiger partial charge < -0.3 is 19.1 Å². The lowest BCUT2D eigenvalue weighted by molar-refractivity contribution is 0.169. The first kappa shape index (κ1) is 20.4. The van der Waals surface area contributed by atoms with Crippen molar-refractivity contribution in [2.24, 2.45) is 4.99 Å². The SMILES string of the molecule is CCNC(=NCCc1cn2cccc(C)c2n1)N1CCN(Cc2cc(C)on2)CC1. The van der Waals surface area contributed by atoms with E-state index in [-0.39, 0.29) is 0 Å². The van der Waals surface area contributed by atoms with Crippen LogP contribution in [0.15, 0.2) is 40.1 Å². The average Bonchev–Trinajstić information content (AvgIpc) is 3.34. The van der Waals surface area contributed by atoms with E-state index in [1.54, 1.807) is 0 Å². The minimum absolute atomic E-state index is 0.726. The van der Waals surface area contributed by atoms with Gasteiger partial charge >= 0.3 is 0 Å². The van der Waals surface area contributed by atoms with Crippen molar-refractivity contribution in [1.82, 2.24) is 29.7 Å². The number of piperazine rings is 1. The van der Waals surface area contributed by atoms with Crippen molar-refractivity contribution in [2.45, 2.75) is 33.7 Å². The molecule has 3 aromatic heterocycles. The first-order chi connectivity index (χ1) is 14.6. The molecule has 3 aromatic rings. The standard InChI is InChI=1S/C22H31N7O/c1-4-23-22(24-8-7-19-16-29-9-5-6-17(2)21(29)25-19)28-12-10-27(11-13-28)15-20-14-18(3)30-26-20/h5-6,9,14,16H,4,7-8,10-13,15H2,1-3H3,(H,23,24). The van der Waals surface area contributed by atoms with Gasteiger partial charge in [-0.3, -0.25) is 9.89 Å². The smallest absolute Gasteiger partial charge is 0.194 e. The molecule has 0 amide bonds. The molecule has 1 N–H and O–H groups in total. The Morgan fingerprint density at radius 2 is 2.03 bits per heavy atom. The highest BCUT2D eigenvalue weighted by Crippen LogP contribution is 2.11. The Morgan fingerprint density at radius 1 is 1.20 bits per heavy atom. The molecule has 30 heavy (non-hydrogen) atoms. The summed E-state index contributed by atoms with van der Waals surface area (Å²) in [5, 5.41) is 7.56. The van der Waals surface area contributed by atoms with Gasteiger partial charge in [0, 0.05) is 70.7 Å². The summed E-state index contributed by atoms with van der Waals surface area (Å²) in [4.78, 5) is 14.4. The highest BCUT2D eigenvalue weighted by molar-refractivity contribution is 5.80. The summed E-state index contributed by atoms with van der Waals surface area (Å²) in [6, 6.07) is 6.16. The Morgan fingerprint density at radius 3 is 2.73 bits per heavy atom. The van der Waals surface area contributed by atoms with E-state index in [4.69, 9.17) is 14.5 Å². The molecule has 0 unspecified atom stereocenters. The van der Waals surface area contributed by atoms with Crippen molar-refractivity contribution in [1.29, 1.82) is 0 Å². The zero-order valence-corrected chi connectivity index (χ0v) is 18.1. The van der Waals surface area contributed by atoms with Crippen LogP contribution in [0.4, 0.5) is 0 Å². The van der Waals surface area contributed by atoms with Crippen LogP contribution in [0.1, 0.15) is 29.6 Å². The third-order valence-corrected chi connectivity index (χ3v) is 5.43. The predicted molar refractivity (Wildman–Crippen MR) is 118 cm³/mol. The quantitative estimate of drug-likeness (QED) is 0.497. The number of rotatable bonds is 6. The molecule has 4 rings (SSSR count). The van der Waals surface area contributed by atoms with Gasteiger partial charge in [0.1, 0.15) is 11.4 Å². The molecule has 8 heteroatoms. The molecule has 0 bridgehead atoms. The van der Waals surface area contributed by atoms with Crippen LogP contribution < -0.4 is 5.32 Å². The second-order valence-electron chi connectivity index (χ2n) is 7.83. The fraction of sp³-hybridized carbons (Fsp3) is 0.500. The molecule has 160 valence electrons. The first-order valence-electron chi connectivity index (χ1n) is 10.7. The van der Waals surface area contributed by atoms with E-state index >= 15 is 0 Å². The summed E-state index contributed by atoms with van der Waals surface area (Å²) < 4.78 is 7.27. The molecule has 4 heterocycles. The van der Waals surface area contributed by atoms with E-state index in [0.29, 0.717) is 0 Å². The number of aliphatic imine (C=N–C) groups is 1. The lowest BCUT2D eigenvalue weighted by Crippen LogP contribution is -2.52. The minimum atomic E-state index is 0.726. The van der Waals surface area contributed by atoms with Gasteiger partial charge in [0.05, 0.1) is 11.4 Å². The Kier molecular flexibility index (Phi) is 6.32. The van der Waals surface area contributed by atoms with Crippen LogP contribution in [-0.2, 0) is 13.0 Å². The van der Waals surface area contributed by atoms with Gasteiger partial charge in [0.15, 0.2) is 5.96 Å². The molecular formula is C22H31N7O. The van der Waals surface area contributed by atoms with Crippen molar-refractivity contribution < 1.29 is 4.52 Å². The molecule has 0 aliphatic carbocycles. The number of fused-ring (bicyclic) bond motifs is 1. The minimum Gasteiger partial charge on any atom is -0.361 e. The zero-order valence-electron chi connectivity index (χ0n) is 18.1. The van der Waals surface area contributed by atoms with E-state index in [0.717, 1.165) is 81.0 Å². The topological polar surface area (TPSA) is 74.2 Å². The van der Waals surface area contributed by atoms with Crippen molar-refractivity contribution in [3.63, 3.8) is 0 Å². The van der Waals surface area contributed by atoms with E-state index in [1.165, 1.54) is 5.56 Å². The average molecular weight is 410 g/mol. The summed E-state index contributed by atoms with van der Waals surface area (Å²) in [7, 11) is 0. The van der Waals surface area contributed by atoms with Crippen LogP contribution in [0.5, 0.6) is 0 Å². The fourth-order valence-electron chi connectivity index (χ4n) is 3.87. The lowest BCUT2D eigenvalue weighted by Gasteiger charge is -2.36. The van der Waals surface area contributed by atoms with Gasteiger partial charge in [-0.25, -0.2) is 4.98 Å². The molecule has 1 aliphatic rings. The number of guanidine groups is 1. The Hall–Kier alpha value is -2.87. The molecule has 0 spiro atoms. The van der Waals surface area contributed by atoms with Crippen LogP contribution in [0, 0.1) is 13.8 Å². The van der Waals surface area contributed by atoms with Crippen LogP contribution in [-0.4, -0.2) is 69.6 Å².